The summed E-state index contributed by atoms with van der Waals surface area (Å²) in [7, 11) is 0. The molecule has 1 fully saturated rings. The Labute approximate surface area is 96.5 Å². The fourth-order valence-electron chi connectivity index (χ4n) is 2.74. The van der Waals surface area contributed by atoms with Gasteiger partial charge in [0.15, 0.2) is 0 Å². The van der Waals surface area contributed by atoms with Gasteiger partial charge in [-0.2, -0.15) is 0 Å². The summed E-state index contributed by atoms with van der Waals surface area (Å²) in [5.74, 6) is -0.107. The molecule has 16 heavy (non-hydrogen) atoms. The molecule has 0 spiro atoms. The highest BCUT2D eigenvalue weighted by molar-refractivity contribution is 5.72. The number of esters is 1. The van der Waals surface area contributed by atoms with Crippen LogP contribution in [0.15, 0.2) is 11.6 Å². The lowest BCUT2D eigenvalue weighted by molar-refractivity contribution is -0.160. The van der Waals surface area contributed by atoms with E-state index >= 15 is 0 Å². The molecule has 1 heterocycles. The summed E-state index contributed by atoms with van der Waals surface area (Å²) in [5, 5.41) is 9.95. The van der Waals surface area contributed by atoms with Crippen LogP contribution in [0.4, 0.5) is 0 Å². The molecule has 3 nitrogen and oxygen atoms in total. The minimum absolute atomic E-state index is 0.107. The van der Waals surface area contributed by atoms with Crippen molar-refractivity contribution in [2.75, 3.05) is 0 Å². The topological polar surface area (TPSA) is 46.5 Å². The van der Waals surface area contributed by atoms with E-state index in [0.717, 1.165) is 18.4 Å². The third-order valence-corrected chi connectivity index (χ3v) is 4.47. The van der Waals surface area contributed by atoms with Crippen molar-refractivity contribution in [2.24, 2.45) is 5.41 Å². The molecule has 2 aliphatic rings. The van der Waals surface area contributed by atoms with Crippen molar-refractivity contribution in [3.8, 4) is 0 Å². The Morgan fingerprint density at radius 1 is 1.50 bits per heavy atom. The van der Waals surface area contributed by atoms with E-state index < -0.39 is 11.7 Å². The summed E-state index contributed by atoms with van der Waals surface area (Å²) in [6.45, 7) is 6.06. The van der Waals surface area contributed by atoms with E-state index in [2.05, 4.69) is 13.0 Å². The normalized spacial score (nSPS) is 44.1. The van der Waals surface area contributed by atoms with Crippen LogP contribution in [0.25, 0.3) is 0 Å². The van der Waals surface area contributed by atoms with E-state index in [-0.39, 0.29) is 11.4 Å². The molecule has 3 atom stereocenters. The van der Waals surface area contributed by atoms with Gasteiger partial charge in [0, 0.05) is 11.8 Å². The van der Waals surface area contributed by atoms with Crippen molar-refractivity contribution in [3.63, 3.8) is 0 Å². The van der Waals surface area contributed by atoms with Gasteiger partial charge in [-0.25, -0.2) is 0 Å². The molecule has 1 aliphatic carbocycles. The van der Waals surface area contributed by atoms with Crippen molar-refractivity contribution in [1.29, 1.82) is 0 Å². The molecule has 1 aliphatic heterocycles. The molecular formula is C13H20O3. The molecular weight excluding hydrogens is 204 g/mol. The number of carbonyl (C=O) groups excluding carboxylic acids is 1. The molecule has 0 amide bonds. The maximum Gasteiger partial charge on any atom is 0.306 e. The van der Waals surface area contributed by atoms with Gasteiger partial charge in [-0.15, -0.1) is 0 Å². The Hall–Kier alpha value is -0.830. The van der Waals surface area contributed by atoms with Gasteiger partial charge in [-0.3, -0.25) is 4.79 Å². The largest absolute Gasteiger partial charge is 0.459 e. The van der Waals surface area contributed by atoms with Crippen LogP contribution >= 0.6 is 0 Å². The first-order chi connectivity index (χ1) is 7.36. The van der Waals surface area contributed by atoms with Gasteiger partial charge >= 0.3 is 5.97 Å². The number of hydrogen-bond acceptors (Lipinski definition) is 3. The second-order valence-corrected chi connectivity index (χ2v) is 5.64. The highest BCUT2D eigenvalue weighted by Crippen LogP contribution is 2.50. The van der Waals surface area contributed by atoms with Crippen LogP contribution in [-0.4, -0.2) is 22.8 Å². The van der Waals surface area contributed by atoms with E-state index in [1.165, 1.54) is 0 Å². The van der Waals surface area contributed by atoms with E-state index in [9.17, 15) is 9.90 Å². The van der Waals surface area contributed by atoms with Crippen LogP contribution in [0.5, 0.6) is 0 Å². The molecule has 0 aromatic heterocycles. The Morgan fingerprint density at radius 3 is 2.69 bits per heavy atom. The zero-order valence-electron chi connectivity index (χ0n) is 10.2. The molecule has 0 radical (unpaired) electrons. The van der Waals surface area contributed by atoms with Gasteiger partial charge in [0.25, 0.3) is 0 Å². The third-order valence-electron chi connectivity index (χ3n) is 4.47. The molecule has 0 aromatic rings. The Bertz CT molecular complexity index is 347. The SMILES string of the molecule is CC1=CC[C@@](C)([C@@]2(C)CCC(=O)O2)C[C@@H]1O. The molecule has 90 valence electrons. The number of aliphatic hydroxyl groups is 1. The van der Waals surface area contributed by atoms with Crippen molar-refractivity contribution >= 4 is 5.97 Å². The maximum absolute atomic E-state index is 11.3. The predicted octanol–water partition coefficient (Wildman–Crippen LogP) is 2.19. The van der Waals surface area contributed by atoms with Crippen LogP contribution < -0.4 is 0 Å². The summed E-state index contributed by atoms with van der Waals surface area (Å²) in [6, 6.07) is 0. The number of ether oxygens (including phenoxy) is 1. The Morgan fingerprint density at radius 2 is 2.19 bits per heavy atom. The first-order valence-electron chi connectivity index (χ1n) is 5.93. The van der Waals surface area contributed by atoms with Gasteiger partial charge in [-0.05, 0) is 38.7 Å². The lowest BCUT2D eigenvalue weighted by Crippen LogP contribution is -2.47. The van der Waals surface area contributed by atoms with Gasteiger partial charge in [0.1, 0.15) is 5.60 Å². The van der Waals surface area contributed by atoms with E-state index in [0.29, 0.717) is 12.8 Å². The minimum atomic E-state index is -0.414. The zero-order valence-corrected chi connectivity index (χ0v) is 10.2. The monoisotopic (exact) mass is 224 g/mol. The van der Waals surface area contributed by atoms with Crippen LogP contribution in [0, 0.1) is 5.41 Å². The minimum Gasteiger partial charge on any atom is -0.459 e. The second kappa shape index (κ2) is 3.59. The van der Waals surface area contributed by atoms with Gasteiger partial charge in [0.2, 0.25) is 0 Å². The average molecular weight is 224 g/mol. The third kappa shape index (κ3) is 1.67. The standard InChI is InChI=1S/C13H20O3/c1-9-4-6-12(2,8-10(9)14)13(3)7-5-11(15)16-13/h4,10,14H,5-8H2,1-3H3/t10-,12+,13+/m0/s1. The summed E-state index contributed by atoms with van der Waals surface area (Å²) >= 11 is 0. The number of hydrogen-bond donors (Lipinski definition) is 1. The summed E-state index contributed by atoms with van der Waals surface area (Å²) in [5.41, 5.74) is 0.478. The van der Waals surface area contributed by atoms with E-state index in [4.69, 9.17) is 4.74 Å². The number of cyclic esters (lactones) is 1. The fourth-order valence-corrected chi connectivity index (χ4v) is 2.74. The average Bonchev–Trinajstić information content (AvgIpc) is 2.55. The smallest absolute Gasteiger partial charge is 0.306 e. The first kappa shape index (κ1) is 11.6. The van der Waals surface area contributed by atoms with E-state index in [1.807, 2.05) is 13.8 Å². The first-order valence-corrected chi connectivity index (χ1v) is 5.93. The molecule has 0 unspecified atom stereocenters. The van der Waals surface area contributed by atoms with Gasteiger partial charge < -0.3 is 9.84 Å². The van der Waals surface area contributed by atoms with Crippen molar-refractivity contribution in [3.05, 3.63) is 11.6 Å². The van der Waals surface area contributed by atoms with Crippen molar-refractivity contribution in [1.82, 2.24) is 0 Å². The molecule has 1 saturated heterocycles. The lowest BCUT2D eigenvalue weighted by Gasteiger charge is -2.45. The van der Waals surface area contributed by atoms with Crippen LogP contribution in [0.3, 0.4) is 0 Å². The summed E-state index contributed by atoms with van der Waals surface area (Å²) in [6.07, 6.45) is 4.51. The summed E-state index contributed by atoms with van der Waals surface area (Å²) < 4.78 is 5.50. The maximum atomic E-state index is 11.3. The second-order valence-electron chi connectivity index (χ2n) is 5.64. The zero-order chi connectivity index (χ0) is 12.0. The highest BCUT2D eigenvalue weighted by Gasteiger charge is 2.52. The molecule has 0 saturated carbocycles. The van der Waals surface area contributed by atoms with E-state index in [1.54, 1.807) is 0 Å². The molecule has 0 aromatic carbocycles. The molecule has 3 heteroatoms. The molecule has 2 rings (SSSR count). The Balaban J connectivity index is 2.23. The number of carbonyl (C=O) groups is 1. The van der Waals surface area contributed by atoms with Crippen molar-refractivity contribution in [2.45, 2.75) is 58.2 Å². The van der Waals surface area contributed by atoms with Gasteiger partial charge in [-0.1, -0.05) is 13.0 Å². The van der Waals surface area contributed by atoms with Gasteiger partial charge in [0.05, 0.1) is 6.10 Å². The lowest BCUT2D eigenvalue weighted by atomic mass is 9.64. The highest BCUT2D eigenvalue weighted by atomic mass is 16.6. The molecule has 0 bridgehead atoms. The Kier molecular flexibility index (Phi) is 2.61. The van der Waals surface area contributed by atoms with Crippen LogP contribution in [0.2, 0.25) is 0 Å². The number of allylic oxidation sites excluding steroid dienone is 1. The van der Waals surface area contributed by atoms with Crippen LogP contribution in [0.1, 0.15) is 46.5 Å². The molecule has 1 N–H and O–H groups in total. The number of rotatable bonds is 1. The van der Waals surface area contributed by atoms with Crippen LogP contribution in [-0.2, 0) is 9.53 Å². The van der Waals surface area contributed by atoms with Crippen molar-refractivity contribution < 1.29 is 14.6 Å². The quantitative estimate of drug-likeness (QED) is 0.548. The predicted molar refractivity (Wildman–Crippen MR) is 60.8 cm³/mol. The fraction of sp³-hybridized carbons (Fsp3) is 0.769. The summed E-state index contributed by atoms with van der Waals surface area (Å²) in [4.78, 5) is 11.3. The number of aliphatic hydroxyl groups excluding tert-OH is 1.